The van der Waals surface area contributed by atoms with Gasteiger partial charge in [0.15, 0.2) is 11.5 Å². The lowest BCUT2D eigenvalue weighted by atomic mass is 10.2. The van der Waals surface area contributed by atoms with Gasteiger partial charge in [0.25, 0.3) is 0 Å². The number of allylic oxidation sites excluding steroid dienone is 1. The van der Waals surface area contributed by atoms with Crippen LogP contribution in [0.15, 0.2) is 26.3 Å². The standard InChI is InChI=1S/C11H15N2O3/c1-2-3-9-10(16-11(14)15-9)8-13-6-4-12-5-7-13/h2H,1,3-8H2. The first kappa shape index (κ1) is 11.2. The average molecular weight is 223 g/mol. The van der Waals surface area contributed by atoms with Crippen LogP contribution >= 0.6 is 0 Å². The number of rotatable bonds is 4. The Hall–Kier alpha value is -1.33. The Morgan fingerprint density at radius 3 is 2.69 bits per heavy atom. The van der Waals surface area contributed by atoms with E-state index in [1.807, 2.05) is 0 Å². The van der Waals surface area contributed by atoms with Crippen LogP contribution in [-0.4, -0.2) is 31.1 Å². The van der Waals surface area contributed by atoms with Gasteiger partial charge in [-0.2, -0.15) is 0 Å². The molecule has 0 unspecified atom stereocenters. The van der Waals surface area contributed by atoms with Crippen molar-refractivity contribution in [3.63, 3.8) is 0 Å². The van der Waals surface area contributed by atoms with Crippen molar-refractivity contribution in [3.8, 4) is 0 Å². The van der Waals surface area contributed by atoms with E-state index in [2.05, 4.69) is 16.8 Å². The van der Waals surface area contributed by atoms with Gasteiger partial charge in [-0.25, -0.2) is 10.1 Å². The topological polar surface area (TPSA) is 60.7 Å². The molecule has 16 heavy (non-hydrogen) atoms. The minimum absolute atomic E-state index is 0.527. The van der Waals surface area contributed by atoms with Crippen LogP contribution in [0.1, 0.15) is 11.5 Å². The van der Waals surface area contributed by atoms with Gasteiger partial charge in [0, 0.05) is 32.6 Å². The summed E-state index contributed by atoms with van der Waals surface area (Å²) in [6.45, 7) is 7.74. The molecule has 1 radical (unpaired) electrons. The summed E-state index contributed by atoms with van der Waals surface area (Å²) in [6.07, 6.45) is 2.22. The summed E-state index contributed by atoms with van der Waals surface area (Å²) in [6, 6.07) is 0. The Balaban J connectivity index is 2.06. The van der Waals surface area contributed by atoms with Crippen molar-refractivity contribution in [2.24, 2.45) is 0 Å². The fraction of sp³-hybridized carbons (Fsp3) is 0.545. The van der Waals surface area contributed by atoms with Gasteiger partial charge in [-0.3, -0.25) is 4.90 Å². The molecule has 0 spiro atoms. The molecule has 0 saturated carbocycles. The van der Waals surface area contributed by atoms with Crippen molar-refractivity contribution < 1.29 is 8.83 Å². The smallest absolute Gasteiger partial charge is 0.395 e. The SMILES string of the molecule is C=CCc1oc(=O)oc1CN1CC[N]CC1. The molecule has 1 aliphatic heterocycles. The monoisotopic (exact) mass is 223 g/mol. The quantitative estimate of drug-likeness (QED) is 0.692. The Morgan fingerprint density at radius 2 is 2.00 bits per heavy atom. The highest BCUT2D eigenvalue weighted by Crippen LogP contribution is 2.12. The Kier molecular flexibility index (Phi) is 3.58. The fourth-order valence-electron chi connectivity index (χ4n) is 1.75. The number of hydrogen-bond acceptors (Lipinski definition) is 4. The average Bonchev–Trinajstić information content (AvgIpc) is 2.61. The number of nitrogens with zero attached hydrogens (tertiary/aromatic N) is 2. The lowest BCUT2D eigenvalue weighted by molar-refractivity contribution is 0.211. The molecule has 0 bridgehead atoms. The summed E-state index contributed by atoms with van der Waals surface area (Å²) < 4.78 is 9.98. The highest BCUT2D eigenvalue weighted by Gasteiger charge is 2.17. The largest absolute Gasteiger partial charge is 0.519 e. The van der Waals surface area contributed by atoms with Crippen molar-refractivity contribution in [2.45, 2.75) is 13.0 Å². The third kappa shape index (κ3) is 2.62. The van der Waals surface area contributed by atoms with E-state index in [1.54, 1.807) is 6.08 Å². The molecule has 1 saturated heterocycles. The number of hydrogen-bond donors (Lipinski definition) is 0. The van der Waals surface area contributed by atoms with Gasteiger partial charge in [-0.05, 0) is 0 Å². The molecule has 2 rings (SSSR count). The molecule has 1 aliphatic rings. The van der Waals surface area contributed by atoms with Crippen LogP contribution < -0.4 is 11.1 Å². The highest BCUT2D eigenvalue weighted by molar-refractivity contribution is 5.07. The molecule has 0 N–H and O–H groups in total. The molecule has 2 heterocycles. The maximum absolute atomic E-state index is 11.0. The minimum atomic E-state index is -0.631. The normalized spacial score (nSPS) is 17.5. The first-order valence-electron chi connectivity index (χ1n) is 5.38. The second-order valence-electron chi connectivity index (χ2n) is 3.74. The van der Waals surface area contributed by atoms with E-state index in [0.29, 0.717) is 24.5 Å². The van der Waals surface area contributed by atoms with Crippen LogP contribution in [0.3, 0.4) is 0 Å². The zero-order valence-corrected chi connectivity index (χ0v) is 9.15. The Bertz CT molecular complexity index is 402. The predicted octanol–water partition coefficient (Wildman–Crippen LogP) is 0.381. The molecule has 1 aromatic heterocycles. The predicted molar refractivity (Wildman–Crippen MR) is 58.3 cm³/mol. The van der Waals surface area contributed by atoms with Gasteiger partial charge in [-0.1, -0.05) is 6.08 Å². The van der Waals surface area contributed by atoms with Crippen LogP contribution in [0.2, 0.25) is 0 Å². The van der Waals surface area contributed by atoms with E-state index in [4.69, 9.17) is 8.83 Å². The summed E-state index contributed by atoms with van der Waals surface area (Å²) in [5.74, 6) is 0.572. The maximum atomic E-state index is 11.0. The second-order valence-corrected chi connectivity index (χ2v) is 3.74. The zero-order chi connectivity index (χ0) is 11.4. The summed E-state index contributed by atoms with van der Waals surface area (Å²) in [5.41, 5.74) is 0. The van der Waals surface area contributed by atoms with Gasteiger partial charge >= 0.3 is 5.82 Å². The molecular formula is C11H15N2O3. The van der Waals surface area contributed by atoms with E-state index in [9.17, 15) is 4.79 Å². The fourth-order valence-corrected chi connectivity index (χ4v) is 1.75. The van der Waals surface area contributed by atoms with E-state index in [1.165, 1.54) is 0 Å². The molecule has 1 aromatic rings. The Labute approximate surface area is 93.7 Å². The van der Waals surface area contributed by atoms with Crippen LogP contribution in [-0.2, 0) is 13.0 Å². The molecule has 5 heteroatoms. The highest BCUT2D eigenvalue weighted by atomic mass is 16.6. The van der Waals surface area contributed by atoms with Crippen LogP contribution in [0.5, 0.6) is 0 Å². The van der Waals surface area contributed by atoms with Gasteiger partial charge in [-0.15, -0.1) is 6.58 Å². The van der Waals surface area contributed by atoms with Gasteiger partial charge in [0.05, 0.1) is 6.54 Å². The maximum Gasteiger partial charge on any atom is 0.519 e. The van der Waals surface area contributed by atoms with Gasteiger partial charge in [0.2, 0.25) is 0 Å². The number of piperazine rings is 1. The molecule has 0 aliphatic carbocycles. The first-order valence-corrected chi connectivity index (χ1v) is 5.38. The molecule has 5 nitrogen and oxygen atoms in total. The van der Waals surface area contributed by atoms with Crippen molar-refractivity contribution in [2.75, 3.05) is 26.2 Å². The summed E-state index contributed by atoms with van der Waals surface area (Å²) in [7, 11) is 0. The van der Waals surface area contributed by atoms with Crippen LogP contribution in [0.25, 0.3) is 0 Å². The van der Waals surface area contributed by atoms with Crippen LogP contribution in [0, 0.1) is 0 Å². The molecule has 87 valence electrons. The van der Waals surface area contributed by atoms with Crippen molar-refractivity contribution in [1.29, 1.82) is 0 Å². The summed E-state index contributed by atoms with van der Waals surface area (Å²) in [5, 5.41) is 4.26. The second kappa shape index (κ2) is 5.14. The van der Waals surface area contributed by atoms with Gasteiger partial charge in [0.1, 0.15) is 0 Å². The van der Waals surface area contributed by atoms with E-state index in [-0.39, 0.29) is 0 Å². The van der Waals surface area contributed by atoms with E-state index < -0.39 is 5.82 Å². The lowest BCUT2D eigenvalue weighted by Crippen LogP contribution is -2.39. The van der Waals surface area contributed by atoms with E-state index in [0.717, 1.165) is 26.2 Å². The van der Waals surface area contributed by atoms with E-state index >= 15 is 0 Å². The summed E-state index contributed by atoms with van der Waals surface area (Å²) in [4.78, 5) is 13.2. The van der Waals surface area contributed by atoms with Crippen molar-refractivity contribution in [3.05, 3.63) is 34.8 Å². The van der Waals surface area contributed by atoms with Crippen molar-refractivity contribution >= 4 is 0 Å². The Morgan fingerprint density at radius 1 is 1.31 bits per heavy atom. The third-order valence-electron chi connectivity index (χ3n) is 2.57. The lowest BCUT2D eigenvalue weighted by Gasteiger charge is -2.24. The molecule has 0 amide bonds. The van der Waals surface area contributed by atoms with Crippen molar-refractivity contribution in [1.82, 2.24) is 10.2 Å². The first-order chi connectivity index (χ1) is 7.79. The zero-order valence-electron chi connectivity index (χ0n) is 9.15. The third-order valence-corrected chi connectivity index (χ3v) is 2.57. The molecule has 0 atom stereocenters. The van der Waals surface area contributed by atoms with Crippen LogP contribution in [0.4, 0.5) is 0 Å². The minimum Gasteiger partial charge on any atom is -0.395 e. The van der Waals surface area contributed by atoms with Gasteiger partial charge < -0.3 is 8.83 Å². The molecule has 0 aromatic carbocycles. The summed E-state index contributed by atoms with van der Waals surface area (Å²) >= 11 is 0. The molecule has 1 fully saturated rings. The molecular weight excluding hydrogens is 208 g/mol.